The van der Waals surface area contributed by atoms with Gasteiger partial charge in [0.15, 0.2) is 0 Å². The van der Waals surface area contributed by atoms with E-state index >= 15 is 0 Å². The van der Waals surface area contributed by atoms with Crippen LogP contribution in [0.5, 0.6) is 0 Å². The van der Waals surface area contributed by atoms with Crippen molar-refractivity contribution in [3.05, 3.63) is 15.9 Å². The van der Waals surface area contributed by atoms with E-state index < -0.39 is 10.0 Å². The molecule has 0 atom stereocenters. The van der Waals surface area contributed by atoms with Crippen molar-refractivity contribution >= 4 is 37.3 Å². The molecule has 6 heteroatoms. The van der Waals surface area contributed by atoms with Crippen molar-refractivity contribution in [2.45, 2.75) is 50.2 Å². The first kappa shape index (κ1) is 17.1. The van der Waals surface area contributed by atoms with E-state index in [9.17, 15) is 8.42 Å². The van der Waals surface area contributed by atoms with Crippen molar-refractivity contribution in [2.24, 2.45) is 5.92 Å². The van der Waals surface area contributed by atoms with Crippen LogP contribution in [0, 0.1) is 5.92 Å². The maximum atomic E-state index is 12.0. The normalized spacial score (nSPS) is 12.2. The zero-order valence-electron chi connectivity index (χ0n) is 11.5. The Balaban J connectivity index is 2.21. The van der Waals surface area contributed by atoms with Gasteiger partial charge in [-0.3, -0.25) is 0 Å². The van der Waals surface area contributed by atoms with E-state index in [1.807, 2.05) is 0 Å². The van der Waals surface area contributed by atoms with Crippen LogP contribution in [0.1, 0.15) is 46.0 Å². The van der Waals surface area contributed by atoms with Gasteiger partial charge >= 0.3 is 0 Å². The van der Waals surface area contributed by atoms with E-state index in [2.05, 4.69) is 34.5 Å². The Hall–Kier alpha value is 0.0900. The number of halogens is 1. The van der Waals surface area contributed by atoms with Crippen LogP contribution < -0.4 is 4.72 Å². The highest BCUT2D eigenvalue weighted by atomic mass is 79.9. The fourth-order valence-electron chi connectivity index (χ4n) is 1.77. The molecule has 0 bridgehead atoms. The SMILES string of the molecule is CC(C)CCCCCCNS(=O)(=O)c1sccc1Br. The van der Waals surface area contributed by atoms with Gasteiger partial charge in [0.1, 0.15) is 4.21 Å². The lowest BCUT2D eigenvalue weighted by Crippen LogP contribution is -2.24. The van der Waals surface area contributed by atoms with Gasteiger partial charge in [-0.2, -0.15) is 0 Å². The van der Waals surface area contributed by atoms with Gasteiger partial charge in [-0.15, -0.1) is 11.3 Å². The largest absolute Gasteiger partial charge is 0.251 e. The minimum absolute atomic E-state index is 0.368. The van der Waals surface area contributed by atoms with Crippen LogP contribution in [0.3, 0.4) is 0 Å². The van der Waals surface area contributed by atoms with E-state index in [0.717, 1.165) is 18.8 Å². The average Bonchev–Trinajstić information content (AvgIpc) is 2.74. The molecule has 0 aliphatic heterocycles. The summed E-state index contributed by atoms with van der Waals surface area (Å²) in [5, 5.41) is 1.77. The Morgan fingerprint density at radius 1 is 1.26 bits per heavy atom. The standard InChI is InChI=1S/C13H22BrNO2S2/c1-11(2)7-5-3-4-6-9-15-19(16,17)13-12(14)8-10-18-13/h8,10-11,15H,3-7,9H2,1-2H3. The highest BCUT2D eigenvalue weighted by molar-refractivity contribution is 9.10. The second-order valence-corrected chi connectivity index (χ2v) is 8.78. The molecule has 0 saturated carbocycles. The Morgan fingerprint density at radius 3 is 2.53 bits per heavy atom. The highest BCUT2D eigenvalue weighted by Gasteiger charge is 2.18. The van der Waals surface area contributed by atoms with Crippen LogP contribution in [-0.4, -0.2) is 15.0 Å². The Labute approximate surface area is 129 Å². The number of sulfonamides is 1. The molecule has 0 aliphatic carbocycles. The number of nitrogens with one attached hydrogen (secondary N) is 1. The van der Waals surface area contributed by atoms with Gasteiger partial charge < -0.3 is 0 Å². The summed E-state index contributed by atoms with van der Waals surface area (Å²) in [6.07, 6.45) is 5.67. The van der Waals surface area contributed by atoms with Gasteiger partial charge in [0.25, 0.3) is 10.0 Å². The van der Waals surface area contributed by atoms with Crippen LogP contribution in [0.2, 0.25) is 0 Å². The quantitative estimate of drug-likeness (QED) is 0.657. The number of rotatable bonds is 9. The highest BCUT2D eigenvalue weighted by Crippen LogP contribution is 2.27. The van der Waals surface area contributed by atoms with Crippen LogP contribution in [0.4, 0.5) is 0 Å². The lowest BCUT2D eigenvalue weighted by Gasteiger charge is -2.06. The molecule has 0 amide bonds. The predicted octanol–water partition coefficient (Wildman–Crippen LogP) is 4.40. The molecule has 0 aliphatic rings. The van der Waals surface area contributed by atoms with Crippen molar-refractivity contribution in [2.75, 3.05) is 6.54 Å². The monoisotopic (exact) mass is 367 g/mol. The molecule has 1 aromatic rings. The Bertz CT molecular complexity index is 469. The summed E-state index contributed by atoms with van der Waals surface area (Å²) >= 11 is 4.48. The summed E-state index contributed by atoms with van der Waals surface area (Å²) in [7, 11) is -3.33. The maximum absolute atomic E-state index is 12.0. The van der Waals surface area contributed by atoms with E-state index in [0.29, 0.717) is 15.2 Å². The van der Waals surface area contributed by atoms with Crippen molar-refractivity contribution in [3.8, 4) is 0 Å². The molecule has 0 fully saturated rings. The van der Waals surface area contributed by atoms with Crippen LogP contribution in [-0.2, 0) is 10.0 Å². The molecule has 0 unspecified atom stereocenters. The van der Waals surface area contributed by atoms with Gasteiger partial charge in [-0.05, 0) is 39.7 Å². The van der Waals surface area contributed by atoms with Gasteiger partial charge in [0, 0.05) is 11.0 Å². The molecule has 1 aromatic heterocycles. The molecular weight excluding hydrogens is 346 g/mol. The molecule has 0 spiro atoms. The molecule has 1 N–H and O–H groups in total. The molecule has 1 heterocycles. The molecule has 110 valence electrons. The molecule has 0 aromatic carbocycles. The average molecular weight is 368 g/mol. The number of thiophene rings is 1. The molecule has 3 nitrogen and oxygen atoms in total. The van der Waals surface area contributed by atoms with Crippen LogP contribution in [0.25, 0.3) is 0 Å². The molecule has 0 radical (unpaired) electrons. The van der Waals surface area contributed by atoms with Crippen LogP contribution in [0.15, 0.2) is 20.1 Å². The third-order valence-electron chi connectivity index (χ3n) is 2.83. The smallest absolute Gasteiger partial charge is 0.210 e. The zero-order valence-corrected chi connectivity index (χ0v) is 14.7. The van der Waals surface area contributed by atoms with E-state index in [1.54, 1.807) is 11.4 Å². The summed E-state index contributed by atoms with van der Waals surface area (Å²) in [6.45, 7) is 4.98. The molecular formula is C13H22BrNO2S2. The van der Waals surface area contributed by atoms with Crippen molar-refractivity contribution < 1.29 is 8.42 Å². The van der Waals surface area contributed by atoms with Gasteiger partial charge in [-0.25, -0.2) is 13.1 Å². The van der Waals surface area contributed by atoms with E-state index in [1.165, 1.54) is 30.6 Å². The summed E-state index contributed by atoms with van der Waals surface area (Å²) in [5.41, 5.74) is 0. The first-order chi connectivity index (χ1) is 8.93. The number of unbranched alkanes of at least 4 members (excludes halogenated alkanes) is 3. The summed E-state index contributed by atoms with van der Waals surface area (Å²) in [6, 6.07) is 1.76. The summed E-state index contributed by atoms with van der Waals surface area (Å²) in [5.74, 6) is 0.759. The fraction of sp³-hybridized carbons (Fsp3) is 0.692. The minimum atomic E-state index is -3.33. The topological polar surface area (TPSA) is 46.2 Å². The fourth-order valence-corrected chi connectivity index (χ4v) is 5.23. The van der Waals surface area contributed by atoms with Gasteiger partial charge in [-0.1, -0.05) is 39.5 Å². The first-order valence-corrected chi connectivity index (χ1v) is 9.81. The Morgan fingerprint density at radius 2 is 1.95 bits per heavy atom. The van der Waals surface area contributed by atoms with Gasteiger partial charge in [0.2, 0.25) is 0 Å². The molecule has 0 saturated heterocycles. The van der Waals surface area contributed by atoms with Crippen molar-refractivity contribution in [1.82, 2.24) is 4.72 Å². The van der Waals surface area contributed by atoms with Crippen molar-refractivity contribution in [1.29, 1.82) is 0 Å². The van der Waals surface area contributed by atoms with Gasteiger partial charge in [0.05, 0.1) is 0 Å². The second-order valence-electron chi connectivity index (χ2n) is 5.05. The zero-order chi connectivity index (χ0) is 14.3. The minimum Gasteiger partial charge on any atom is -0.210 e. The first-order valence-electron chi connectivity index (χ1n) is 6.66. The molecule has 19 heavy (non-hydrogen) atoms. The predicted molar refractivity (Wildman–Crippen MR) is 85.1 cm³/mol. The third-order valence-corrected chi connectivity index (χ3v) is 6.96. The second kappa shape index (κ2) is 8.39. The number of hydrogen-bond acceptors (Lipinski definition) is 3. The summed E-state index contributed by atoms with van der Waals surface area (Å²) < 4.78 is 27.6. The number of hydrogen-bond donors (Lipinski definition) is 1. The lowest BCUT2D eigenvalue weighted by atomic mass is 10.0. The van der Waals surface area contributed by atoms with Crippen molar-refractivity contribution in [3.63, 3.8) is 0 Å². The molecule has 1 rings (SSSR count). The maximum Gasteiger partial charge on any atom is 0.251 e. The van der Waals surface area contributed by atoms with Crippen LogP contribution >= 0.6 is 27.3 Å². The third kappa shape index (κ3) is 6.38. The lowest BCUT2D eigenvalue weighted by molar-refractivity contribution is 0.517. The van der Waals surface area contributed by atoms with E-state index in [-0.39, 0.29) is 0 Å². The Kier molecular flexibility index (Phi) is 7.57. The van der Waals surface area contributed by atoms with E-state index in [4.69, 9.17) is 0 Å². The summed E-state index contributed by atoms with van der Waals surface area (Å²) in [4.78, 5) is 0.